The molecule has 0 saturated heterocycles. The van der Waals surface area contributed by atoms with Crippen LogP contribution in [-0.4, -0.2) is 33.4 Å². The number of nitrogens with zero attached hydrogens (tertiary/aromatic N) is 3. The van der Waals surface area contributed by atoms with Crippen molar-refractivity contribution in [1.29, 1.82) is 0 Å². The molecule has 2 aromatic heterocycles. The third kappa shape index (κ3) is 3.00. The first-order chi connectivity index (χ1) is 10.0. The maximum Gasteiger partial charge on any atom is 0.262 e. The van der Waals surface area contributed by atoms with Crippen molar-refractivity contribution in [1.82, 2.24) is 14.5 Å². The molecule has 0 saturated carbocycles. The molecule has 0 aromatic carbocycles. The van der Waals surface area contributed by atoms with Crippen molar-refractivity contribution in [3.8, 4) is 0 Å². The molecule has 6 heteroatoms. The molecule has 1 amide bonds. The highest BCUT2D eigenvalue weighted by atomic mass is 32.1. The molecule has 0 unspecified atom stereocenters. The predicted octanol–water partition coefficient (Wildman–Crippen LogP) is 2.20. The second kappa shape index (κ2) is 6.39. The van der Waals surface area contributed by atoms with E-state index in [4.69, 9.17) is 0 Å². The van der Waals surface area contributed by atoms with E-state index in [0.717, 1.165) is 16.1 Å². The Kier molecular flexibility index (Phi) is 4.77. The third-order valence-corrected chi connectivity index (χ3v) is 4.82. The van der Waals surface area contributed by atoms with Gasteiger partial charge in [0, 0.05) is 18.0 Å². The quantitative estimate of drug-likeness (QED) is 0.851. The summed E-state index contributed by atoms with van der Waals surface area (Å²) in [5.41, 5.74) is -0.117. The van der Waals surface area contributed by atoms with Crippen LogP contribution in [0.2, 0.25) is 0 Å². The minimum absolute atomic E-state index is 0.0442. The summed E-state index contributed by atoms with van der Waals surface area (Å²) >= 11 is 1.55. The lowest BCUT2D eigenvalue weighted by Crippen LogP contribution is -2.37. The number of aryl methyl sites for hydroxylation is 2. The number of carbonyl (C=O) groups is 1. The molecule has 0 spiro atoms. The van der Waals surface area contributed by atoms with E-state index < -0.39 is 0 Å². The van der Waals surface area contributed by atoms with E-state index in [1.165, 1.54) is 4.57 Å². The van der Waals surface area contributed by atoms with Gasteiger partial charge < -0.3 is 4.90 Å². The minimum atomic E-state index is -0.117. The summed E-state index contributed by atoms with van der Waals surface area (Å²) < 4.78 is 1.48. The number of rotatable bonds is 5. The molecule has 0 bridgehead atoms. The van der Waals surface area contributed by atoms with Crippen LogP contribution in [0.3, 0.4) is 0 Å². The lowest BCUT2D eigenvalue weighted by atomic mass is 10.3. The zero-order valence-corrected chi connectivity index (χ0v) is 13.8. The summed E-state index contributed by atoms with van der Waals surface area (Å²) in [6, 6.07) is 1.90. The molecule has 2 aromatic rings. The Balaban J connectivity index is 2.44. The molecule has 0 radical (unpaired) electrons. The molecule has 0 N–H and O–H groups in total. The summed E-state index contributed by atoms with van der Waals surface area (Å²) in [7, 11) is 0. The summed E-state index contributed by atoms with van der Waals surface area (Å²) in [5.74, 6) is 0.551. The number of aromatic nitrogens is 2. The molecular weight excluding hydrogens is 286 g/mol. The fourth-order valence-corrected chi connectivity index (χ4v) is 3.34. The van der Waals surface area contributed by atoms with Crippen LogP contribution in [0.5, 0.6) is 0 Å². The zero-order chi connectivity index (χ0) is 15.6. The fraction of sp³-hybridized carbons (Fsp3) is 0.533. The highest BCUT2D eigenvalue weighted by Gasteiger charge is 2.16. The van der Waals surface area contributed by atoms with Gasteiger partial charge in [0.05, 0.1) is 5.39 Å². The van der Waals surface area contributed by atoms with Crippen LogP contribution in [0.1, 0.15) is 31.5 Å². The van der Waals surface area contributed by atoms with Gasteiger partial charge in [-0.2, -0.15) is 0 Å². The van der Waals surface area contributed by atoms with E-state index in [-0.39, 0.29) is 18.0 Å². The van der Waals surface area contributed by atoms with Crippen LogP contribution < -0.4 is 5.56 Å². The normalized spacial score (nSPS) is 11.0. The maximum absolute atomic E-state index is 12.6. The molecule has 21 heavy (non-hydrogen) atoms. The van der Waals surface area contributed by atoms with Gasteiger partial charge in [0.15, 0.2) is 0 Å². The van der Waals surface area contributed by atoms with Crippen LogP contribution >= 0.6 is 11.3 Å². The average molecular weight is 307 g/mol. The van der Waals surface area contributed by atoms with E-state index in [1.807, 2.05) is 19.9 Å². The number of thiophene rings is 1. The van der Waals surface area contributed by atoms with Crippen molar-refractivity contribution in [3.05, 3.63) is 27.1 Å². The molecule has 0 fully saturated rings. The van der Waals surface area contributed by atoms with Crippen LogP contribution in [-0.2, 0) is 17.8 Å². The van der Waals surface area contributed by atoms with Crippen molar-refractivity contribution in [2.24, 2.45) is 0 Å². The van der Waals surface area contributed by atoms with Gasteiger partial charge in [-0.05, 0) is 33.3 Å². The van der Waals surface area contributed by atoms with E-state index >= 15 is 0 Å². The Morgan fingerprint density at radius 3 is 2.57 bits per heavy atom. The number of fused-ring (bicyclic) bond motifs is 1. The van der Waals surface area contributed by atoms with Crippen molar-refractivity contribution in [3.63, 3.8) is 0 Å². The third-order valence-electron chi connectivity index (χ3n) is 3.65. The highest BCUT2D eigenvalue weighted by molar-refractivity contribution is 7.18. The van der Waals surface area contributed by atoms with E-state index in [2.05, 4.69) is 11.9 Å². The van der Waals surface area contributed by atoms with Crippen molar-refractivity contribution >= 4 is 27.5 Å². The van der Waals surface area contributed by atoms with Gasteiger partial charge in [-0.15, -0.1) is 11.3 Å². The molecule has 0 atom stereocenters. The SMILES string of the molecule is CCc1cc2c(=O)n(CC(=O)N(CC)CC)c(C)nc2s1. The number of amides is 1. The first-order valence-corrected chi connectivity index (χ1v) is 8.11. The Morgan fingerprint density at radius 1 is 1.33 bits per heavy atom. The number of likely N-dealkylation sites (N-methyl/N-ethyl adjacent to an activating group) is 1. The monoisotopic (exact) mass is 307 g/mol. The zero-order valence-electron chi connectivity index (χ0n) is 13.0. The van der Waals surface area contributed by atoms with E-state index in [9.17, 15) is 9.59 Å². The molecule has 114 valence electrons. The molecule has 2 heterocycles. The molecule has 2 rings (SSSR count). The number of hydrogen-bond acceptors (Lipinski definition) is 4. The van der Waals surface area contributed by atoms with Gasteiger partial charge in [-0.3, -0.25) is 14.2 Å². The summed E-state index contributed by atoms with van der Waals surface area (Å²) in [4.78, 5) is 32.9. The molecule has 0 aliphatic heterocycles. The smallest absolute Gasteiger partial charge is 0.262 e. The largest absolute Gasteiger partial charge is 0.342 e. The lowest BCUT2D eigenvalue weighted by molar-refractivity contribution is -0.131. The Hall–Kier alpha value is -1.69. The van der Waals surface area contributed by atoms with Crippen LogP contribution in [0.15, 0.2) is 10.9 Å². The predicted molar refractivity (Wildman–Crippen MR) is 85.9 cm³/mol. The van der Waals surface area contributed by atoms with Crippen LogP contribution in [0.25, 0.3) is 10.2 Å². The molecule has 5 nitrogen and oxygen atoms in total. The van der Waals surface area contributed by atoms with Crippen molar-refractivity contribution in [2.75, 3.05) is 13.1 Å². The summed E-state index contributed by atoms with van der Waals surface area (Å²) in [6.45, 7) is 9.07. The molecule has 0 aliphatic carbocycles. The van der Waals surface area contributed by atoms with Gasteiger partial charge in [-0.1, -0.05) is 6.92 Å². The fourth-order valence-electron chi connectivity index (χ4n) is 2.34. The number of hydrogen-bond donors (Lipinski definition) is 0. The van der Waals surface area contributed by atoms with Gasteiger partial charge in [0.25, 0.3) is 5.56 Å². The second-order valence-electron chi connectivity index (χ2n) is 4.90. The lowest BCUT2D eigenvalue weighted by Gasteiger charge is -2.19. The van der Waals surface area contributed by atoms with Crippen LogP contribution in [0, 0.1) is 6.92 Å². The summed E-state index contributed by atoms with van der Waals surface area (Å²) in [5, 5.41) is 0.620. The average Bonchev–Trinajstić information content (AvgIpc) is 2.88. The van der Waals surface area contributed by atoms with Gasteiger partial charge in [0.1, 0.15) is 17.2 Å². The summed E-state index contributed by atoms with van der Waals surface area (Å²) in [6.07, 6.45) is 0.887. The minimum Gasteiger partial charge on any atom is -0.342 e. The van der Waals surface area contributed by atoms with Crippen molar-refractivity contribution < 1.29 is 4.79 Å². The Morgan fingerprint density at radius 2 is 2.00 bits per heavy atom. The maximum atomic E-state index is 12.6. The second-order valence-corrected chi connectivity index (χ2v) is 6.02. The Bertz CT molecular complexity index is 714. The topological polar surface area (TPSA) is 55.2 Å². The van der Waals surface area contributed by atoms with Crippen LogP contribution in [0.4, 0.5) is 0 Å². The van der Waals surface area contributed by atoms with Gasteiger partial charge >= 0.3 is 0 Å². The van der Waals surface area contributed by atoms with E-state index in [1.54, 1.807) is 23.2 Å². The standard InChI is InChI=1S/C15H21N3O2S/c1-5-11-8-12-14(21-11)16-10(4)18(15(12)20)9-13(19)17(6-2)7-3/h8H,5-7,9H2,1-4H3. The van der Waals surface area contributed by atoms with Gasteiger partial charge in [0.2, 0.25) is 5.91 Å². The first kappa shape index (κ1) is 15.7. The highest BCUT2D eigenvalue weighted by Crippen LogP contribution is 2.21. The van der Waals surface area contributed by atoms with Crippen molar-refractivity contribution in [2.45, 2.75) is 40.7 Å². The first-order valence-electron chi connectivity index (χ1n) is 7.29. The number of carbonyl (C=O) groups excluding carboxylic acids is 1. The van der Waals surface area contributed by atoms with E-state index in [0.29, 0.717) is 24.3 Å². The van der Waals surface area contributed by atoms with Gasteiger partial charge in [-0.25, -0.2) is 4.98 Å². The molecular formula is C15H21N3O2S. The Labute approximate surface area is 128 Å². The molecule has 0 aliphatic rings.